The zero-order valence-corrected chi connectivity index (χ0v) is 26.1. The number of benzene rings is 2. The third-order valence-electron chi connectivity index (χ3n) is 6.09. The van der Waals surface area contributed by atoms with Crippen molar-refractivity contribution in [2.75, 3.05) is 19.0 Å². The Morgan fingerprint density at radius 3 is 2.61 bits per heavy atom. The molecule has 1 aromatic heterocycles. The highest BCUT2D eigenvalue weighted by molar-refractivity contribution is 9.10. The van der Waals surface area contributed by atoms with Crippen LogP contribution in [-0.4, -0.2) is 37.7 Å². The summed E-state index contributed by atoms with van der Waals surface area (Å²) < 4.78 is 17.2. The standard InChI is InChI=1S/C28H26BrCl2N3O6S/c1-3-39-21-11-15(10-19(29)24(21)40-14-16-8-9-17(30)12-20(16)31)13-32-34-26(36)25(35)33-27-23(28(37)38-2)18-6-4-5-7-22(18)41-27/h8-13H,3-7,14H2,1-2H3,(H,33,35)(H,34,36)/b32-13+. The van der Waals surface area contributed by atoms with Crippen molar-refractivity contribution in [2.45, 2.75) is 39.2 Å². The molecule has 13 heteroatoms. The summed E-state index contributed by atoms with van der Waals surface area (Å²) in [5, 5.41) is 7.76. The molecule has 3 aromatic rings. The zero-order valence-electron chi connectivity index (χ0n) is 22.1. The van der Waals surface area contributed by atoms with Crippen molar-refractivity contribution in [3.63, 3.8) is 0 Å². The molecule has 9 nitrogen and oxygen atoms in total. The molecule has 0 aliphatic heterocycles. The molecule has 2 amide bonds. The van der Waals surface area contributed by atoms with E-state index < -0.39 is 17.8 Å². The number of fused-ring (bicyclic) bond motifs is 1. The van der Waals surface area contributed by atoms with Gasteiger partial charge in [-0.05, 0) is 83.9 Å². The normalized spacial score (nSPS) is 12.5. The van der Waals surface area contributed by atoms with Crippen LogP contribution in [0.25, 0.3) is 0 Å². The van der Waals surface area contributed by atoms with Gasteiger partial charge in [0.05, 0.1) is 30.0 Å². The monoisotopic (exact) mass is 681 g/mol. The zero-order chi connectivity index (χ0) is 29.5. The molecule has 1 heterocycles. The Kier molecular flexibility index (Phi) is 10.7. The average Bonchev–Trinajstić information content (AvgIpc) is 3.31. The van der Waals surface area contributed by atoms with Gasteiger partial charge < -0.3 is 19.5 Å². The van der Waals surface area contributed by atoms with E-state index in [1.807, 2.05) is 6.92 Å². The molecule has 41 heavy (non-hydrogen) atoms. The van der Waals surface area contributed by atoms with Gasteiger partial charge >= 0.3 is 17.8 Å². The van der Waals surface area contributed by atoms with Crippen molar-refractivity contribution in [3.8, 4) is 11.5 Å². The highest BCUT2D eigenvalue weighted by atomic mass is 79.9. The van der Waals surface area contributed by atoms with Crippen LogP contribution >= 0.6 is 50.5 Å². The van der Waals surface area contributed by atoms with Crippen LogP contribution in [0, 0.1) is 0 Å². The van der Waals surface area contributed by atoms with Crippen molar-refractivity contribution in [3.05, 3.63) is 72.0 Å². The van der Waals surface area contributed by atoms with E-state index in [4.69, 9.17) is 37.4 Å². The molecule has 0 fully saturated rings. The summed E-state index contributed by atoms with van der Waals surface area (Å²) in [4.78, 5) is 38.5. The van der Waals surface area contributed by atoms with Crippen LogP contribution in [0.1, 0.15) is 51.7 Å². The van der Waals surface area contributed by atoms with Crippen LogP contribution < -0.4 is 20.2 Å². The number of hydrogen-bond acceptors (Lipinski definition) is 8. The third-order valence-corrected chi connectivity index (χ3v) is 8.48. The highest BCUT2D eigenvalue weighted by Crippen LogP contribution is 2.39. The largest absolute Gasteiger partial charge is 0.490 e. The summed E-state index contributed by atoms with van der Waals surface area (Å²) >= 11 is 17.0. The number of halogens is 3. The maximum atomic E-state index is 12.6. The van der Waals surface area contributed by atoms with Crippen LogP contribution in [0.3, 0.4) is 0 Å². The molecule has 216 valence electrons. The number of aryl methyl sites for hydroxylation is 1. The fraction of sp³-hybridized carbons (Fsp3) is 0.286. The molecule has 0 saturated heterocycles. The number of esters is 1. The first-order valence-corrected chi connectivity index (χ1v) is 15.0. The van der Waals surface area contributed by atoms with Gasteiger partial charge in [0.15, 0.2) is 11.5 Å². The first-order valence-electron chi connectivity index (χ1n) is 12.6. The average molecular weight is 683 g/mol. The van der Waals surface area contributed by atoms with Gasteiger partial charge in [0.25, 0.3) is 0 Å². The number of rotatable bonds is 9. The maximum Gasteiger partial charge on any atom is 0.341 e. The predicted octanol–water partition coefficient (Wildman–Crippen LogP) is 6.55. The van der Waals surface area contributed by atoms with Crippen LogP contribution in [0.5, 0.6) is 11.5 Å². The van der Waals surface area contributed by atoms with Gasteiger partial charge in [-0.2, -0.15) is 5.10 Å². The number of thiophene rings is 1. The van der Waals surface area contributed by atoms with E-state index >= 15 is 0 Å². The third kappa shape index (κ3) is 7.59. The minimum Gasteiger partial charge on any atom is -0.490 e. The van der Waals surface area contributed by atoms with Crippen molar-refractivity contribution >= 4 is 79.5 Å². The van der Waals surface area contributed by atoms with E-state index in [1.165, 1.54) is 24.7 Å². The van der Waals surface area contributed by atoms with E-state index in [2.05, 4.69) is 31.8 Å². The van der Waals surface area contributed by atoms with E-state index in [-0.39, 0.29) is 6.61 Å². The first-order chi connectivity index (χ1) is 19.7. The lowest BCUT2D eigenvalue weighted by Gasteiger charge is -2.15. The Morgan fingerprint density at radius 2 is 1.88 bits per heavy atom. The van der Waals surface area contributed by atoms with E-state index in [9.17, 15) is 14.4 Å². The van der Waals surface area contributed by atoms with Crippen LogP contribution in [0.15, 0.2) is 39.9 Å². The number of methoxy groups -OCH3 is 1. The Balaban J connectivity index is 1.43. The predicted molar refractivity (Wildman–Crippen MR) is 163 cm³/mol. The van der Waals surface area contributed by atoms with Gasteiger partial charge in [0.1, 0.15) is 11.6 Å². The summed E-state index contributed by atoms with van der Waals surface area (Å²) in [5.74, 6) is -1.59. The highest BCUT2D eigenvalue weighted by Gasteiger charge is 2.28. The fourth-order valence-electron chi connectivity index (χ4n) is 4.20. The van der Waals surface area contributed by atoms with Gasteiger partial charge in [-0.1, -0.05) is 29.3 Å². The topological polar surface area (TPSA) is 115 Å². The summed E-state index contributed by atoms with van der Waals surface area (Å²) in [7, 11) is 1.28. The quantitative estimate of drug-likeness (QED) is 0.115. The molecule has 1 aliphatic carbocycles. The Morgan fingerprint density at radius 1 is 1.10 bits per heavy atom. The lowest BCUT2D eigenvalue weighted by Crippen LogP contribution is -2.32. The van der Waals surface area contributed by atoms with Crippen molar-refractivity contribution in [1.29, 1.82) is 0 Å². The van der Waals surface area contributed by atoms with Crippen molar-refractivity contribution in [1.82, 2.24) is 5.43 Å². The Hall–Kier alpha value is -3.12. The second kappa shape index (κ2) is 14.2. The Bertz CT molecular complexity index is 1510. The van der Waals surface area contributed by atoms with Crippen LogP contribution in [-0.2, 0) is 33.8 Å². The molecule has 0 spiro atoms. The number of amides is 2. The number of hydrazone groups is 1. The van der Waals surface area contributed by atoms with E-state index in [0.717, 1.165) is 41.7 Å². The number of anilines is 1. The van der Waals surface area contributed by atoms with Crippen LogP contribution in [0.2, 0.25) is 10.0 Å². The molecule has 2 N–H and O–H groups in total. The molecule has 0 unspecified atom stereocenters. The summed E-state index contributed by atoms with van der Waals surface area (Å²) in [6.07, 6.45) is 4.85. The van der Waals surface area contributed by atoms with Gasteiger partial charge in [0.2, 0.25) is 0 Å². The number of hydrogen-bond donors (Lipinski definition) is 2. The first kappa shape index (κ1) is 30.8. The molecule has 0 saturated carbocycles. The fourth-order valence-corrected chi connectivity index (χ4v) is 6.51. The summed E-state index contributed by atoms with van der Waals surface area (Å²) in [6.45, 7) is 2.39. The minimum absolute atomic E-state index is 0.179. The van der Waals surface area contributed by atoms with Crippen LogP contribution in [0.4, 0.5) is 5.00 Å². The SMILES string of the molecule is CCOc1cc(/C=N/NC(=O)C(=O)Nc2sc3c(c2C(=O)OC)CCCC3)cc(Br)c1OCc1ccc(Cl)cc1Cl. The lowest BCUT2D eigenvalue weighted by atomic mass is 9.95. The summed E-state index contributed by atoms with van der Waals surface area (Å²) in [6, 6.07) is 8.55. The second-order valence-corrected chi connectivity index (χ2v) is 11.7. The number of carbonyl (C=O) groups excluding carboxylic acids is 3. The number of carbonyl (C=O) groups is 3. The van der Waals surface area contributed by atoms with Crippen molar-refractivity contribution in [2.24, 2.45) is 5.10 Å². The van der Waals surface area contributed by atoms with Gasteiger partial charge in [-0.3, -0.25) is 9.59 Å². The molecule has 0 radical (unpaired) electrons. The molecule has 1 aliphatic rings. The molecule has 0 atom stereocenters. The molecular weight excluding hydrogens is 657 g/mol. The van der Waals surface area contributed by atoms with Gasteiger partial charge in [0, 0.05) is 20.5 Å². The van der Waals surface area contributed by atoms with Gasteiger partial charge in [-0.25, -0.2) is 10.2 Å². The minimum atomic E-state index is -0.993. The molecule has 2 aromatic carbocycles. The number of nitrogens with one attached hydrogen (secondary N) is 2. The number of ether oxygens (including phenoxy) is 3. The maximum absolute atomic E-state index is 12.6. The van der Waals surface area contributed by atoms with E-state index in [1.54, 1.807) is 30.3 Å². The second-order valence-electron chi connectivity index (χ2n) is 8.85. The Labute approximate surface area is 259 Å². The summed E-state index contributed by atoms with van der Waals surface area (Å²) in [5.41, 5.74) is 4.71. The smallest absolute Gasteiger partial charge is 0.341 e. The lowest BCUT2D eigenvalue weighted by molar-refractivity contribution is -0.136. The van der Waals surface area contributed by atoms with Gasteiger partial charge in [-0.15, -0.1) is 11.3 Å². The number of nitrogens with zero attached hydrogens (tertiary/aromatic N) is 1. The van der Waals surface area contributed by atoms with E-state index in [0.29, 0.717) is 48.8 Å². The molecule has 4 rings (SSSR count). The van der Waals surface area contributed by atoms with Crippen molar-refractivity contribution < 1.29 is 28.6 Å². The molecule has 0 bridgehead atoms. The molecular formula is C28H26BrCl2N3O6S.